The molecule has 0 amide bonds. The van der Waals surface area contributed by atoms with Crippen LogP contribution in [0.15, 0.2) is 33.4 Å². The fraction of sp³-hybridized carbons (Fsp3) is 0.333. The second kappa shape index (κ2) is 5.47. The molecule has 21 heavy (non-hydrogen) atoms. The second-order valence-corrected chi connectivity index (χ2v) is 5.28. The van der Waals surface area contributed by atoms with Crippen LogP contribution in [0.1, 0.15) is 6.23 Å². The lowest BCUT2D eigenvalue weighted by Gasteiger charge is -2.17. The monoisotopic (exact) mass is 322 g/mol. The molecule has 0 bridgehead atoms. The van der Waals surface area contributed by atoms with Gasteiger partial charge in [-0.2, -0.15) is 0 Å². The van der Waals surface area contributed by atoms with Crippen LogP contribution in [-0.2, 0) is 13.8 Å². The smallest absolute Gasteiger partial charge is 0.470 e. The summed E-state index contributed by atoms with van der Waals surface area (Å²) in [6, 6.07) is 0.999. The molecule has 11 nitrogen and oxygen atoms in total. The molecule has 2 heterocycles. The maximum absolute atomic E-state index is 11.6. The van der Waals surface area contributed by atoms with E-state index in [1.807, 2.05) is 4.98 Å². The highest BCUT2D eigenvalue weighted by Gasteiger charge is 2.38. The van der Waals surface area contributed by atoms with Gasteiger partial charge in [0.1, 0.15) is 6.61 Å². The van der Waals surface area contributed by atoms with Crippen molar-refractivity contribution in [2.45, 2.75) is 12.3 Å². The minimum Gasteiger partial charge on any atom is -0.506 e. The molecule has 1 aromatic heterocycles. The molecule has 0 radical (unpaired) electrons. The van der Waals surface area contributed by atoms with E-state index in [2.05, 4.69) is 4.52 Å². The maximum Gasteiger partial charge on any atom is 0.470 e. The van der Waals surface area contributed by atoms with E-state index in [9.17, 15) is 24.4 Å². The lowest BCUT2D eigenvalue weighted by molar-refractivity contribution is -0.0171. The lowest BCUT2D eigenvalue weighted by Crippen LogP contribution is -2.35. The van der Waals surface area contributed by atoms with Gasteiger partial charge < -0.3 is 24.7 Å². The summed E-state index contributed by atoms with van der Waals surface area (Å²) in [6.45, 7) is -0.804. The van der Waals surface area contributed by atoms with Gasteiger partial charge in [0.25, 0.3) is 5.56 Å². The van der Waals surface area contributed by atoms with E-state index in [0.717, 1.165) is 16.8 Å². The molecule has 0 saturated heterocycles. The van der Waals surface area contributed by atoms with Crippen LogP contribution in [0.4, 0.5) is 0 Å². The molecule has 0 saturated carbocycles. The number of rotatable bonds is 4. The molecule has 0 unspecified atom stereocenters. The van der Waals surface area contributed by atoms with Crippen LogP contribution < -0.4 is 11.2 Å². The van der Waals surface area contributed by atoms with Crippen LogP contribution in [0, 0.1) is 0 Å². The summed E-state index contributed by atoms with van der Waals surface area (Å²) in [5.41, 5.74) is -1.55. The van der Waals surface area contributed by atoms with Gasteiger partial charge in [-0.15, -0.1) is 0 Å². The normalized spacial score (nSPS) is 22.4. The predicted octanol–water partition coefficient (Wildman–Crippen LogP) is -1.69. The third-order valence-corrected chi connectivity index (χ3v) is 3.05. The van der Waals surface area contributed by atoms with E-state index < -0.39 is 49.5 Å². The van der Waals surface area contributed by atoms with Gasteiger partial charge in [-0.3, -0.25) is 18.9 Å². The minimum absolute atomic E-state index is 0.436. The average Bonchev–Trinajstić information content (AvgIpc) is 2.64. The van der Waals surface area contributed by atoms with Crippen molar-refractivity contribution in [3.8, 4) is 0 Å². The SMILES string of the molecule is O=c1ccn([C@@H]2OC(COP(=O)(O)O)=C(O)[C@H]2O)c(=O)[nH]1. The van der Waals surface area contributed by atoms with E-state index in [1.54, 1.807) is 0 Å². The van der Waals surface area contributed by atoms with Gasteiger partial charge in [0.2, 0.25) is 6.23 Å². The van der Waals surface area contributed by atoms with Crippen LogP contribution in [0.3, 0.4) is 0 Å². The molecule has 0 fully saturated rings. The molecular formula is C9H11N2O9P. The number of nitrogens with zero attached hydrogens (tertiary/aromatic N) is 1. The second-order valence-electron chi connectivity index (χ2n) is 4.04. The van der Waals surface area contributed by atoms with E-state index in [1.165, 1.54) is 0 Å². The summed E-state index contributed by atoms with van der Waals surface area (Å²) in [6.07, 6.45) is -2.02. The Morgan fingerprint density at radius 1 is 1.43 bits per heavy atom. The van der Waals surface area contributed by atoms with Crippen molar-refractivity contribution in [2.24, 2.45) is 0 Å². The van der Waals surface area contributed by atoms with Gasteiger partial charge in [-0.05, 0) is 0 Å². The quantitative estimate of drug-likeness (QED) is 0.405. The summed E-state index contributed by atoms with van der Waals surface area (Å²) in [5.74, 6) is -1.17. The Bertz CT molecular complexity index is 729. The Kier molecular flexibility index (Phi) is 4.03. The third kappa shape index (κ3) is 3.40. The van der Waals surface area contributed by atoms with Crippen LogP contribution in [0.5, 0.6) is 0 Å². The van der Waals surface area contributed by atoms with Crippen molar-refractivity contribution >= 4 is 7.82 Å². The number of aromatic nitrogens is 2. The zero-order valence-corrected chi connectivity index (χ0v) is 11.1. The highest BCUT2D eigenvalue weighted by Crippen LogP contribution is 2.38. The van der Waals surface area contributed by atoms with Gasteiger partial charge in [-0.1, -0.05) is 0 Å². The first-order valence-electron chi connectivity index (χ1n) is 5.47. The van der Waals surface area contributed by atoms with Crippen molar-refractivity contribution in [1.82, 2.24) is 9.55 Å². The van der Waals surface area contributed by atoms with Crippen molar-refractivity contribution < 1.29 is 33.8 Å². The highest BCUT2D eigenvalue weighted by molar-refractivity contribution is 7.46. The fourth-order valence-electron chi connectivity index (χ4n) is 1.66. The van der Waals surface area contributed by atoms with Crippen LogP contribution >= 0.6 is 7.82 Å². The Morgan fingerprint density at radius 2 is 2.10 bits per heavy atom. The van der Waals surface area contributed by atoms with Gasteiger partial charge in [0.15, 0.2) is 17.6 Å². The topological polar surface area (TPSA) is 171 Å². The van der Waals surface area contributed by atoms with Crippen molar-refractivity contribution in [3.63, 3.8) is 0 Å². The predicted molar refractivity (Wildman–Crippen MR) is 65.1 cm³/mol. The Balaban J connectivity index is 2.22. The number of aliphatic hydroxyl groups excluding tert-OH is 2. The molecule has 1 aliphatic heterocycles. The van der Waals surface area contributed by atoms with Crippen molar-refractivity contribution in [1.29, 1.82) is 0 Å². The maximum atomic E-state index is 11.6. The van der Waals surface area contributed by atoms with E-state index in [-0.39, 0.29) is 0 Å². The fourth-order valence-corrected chi connectivity index (χ4v) is 1.94. The molecule has 116 valence electrons. The first-order chi connectivity index (χ1) is 9.69. The largest absolute Gasteiger partial charge is 0.506 e. The summed E-state index contributed by atoms with van der Waals surface area (Å²) >= 11 is 0. The molecular weight excluding hydrogens is 311 g/mol. The summed E-state index contributed by atoms with van der Waals surface area (Å²) < 4.78 is 20.5. The van der Waals surface area contributed by atoms with Crippen molar-refractivity contribution in [3.05, 3.63) is 44.6 Å². The first kappa shape index (κ1) is 15.5. The Labute approximate surface area is 115 Å². The zero-order valence-electron chi connectivity index (χ0n) is 10.2. The summed E-state index contributed by atoms with van der Waals surface area (Å²) in [5, 5.41) is 19.4. The molecule has 5 N–H and O–H groups in total. The molecule has 0 spiro atoms. The molecule has 0 aliphatic carbocycles. The molecule has 2 atom stereocenters. The van der Waals surface area contributed by atoms with E-state index in [0.29, 0.717) is 0 Å². The molecule has 1 aliphatic rings. The molecule has 12 heteroatoms. The Hall–Kier alpha value is -1.91. The van der Waals surface area contributed by atoms with E-state index >= 15 is 0 Å². The number of ether oxygens (including phenoxy) is 1. The van der Waals surface area contributed by atoms with E-state index in [4.69, 9.17) is 14.5 Å². The molecule has 0 aromatic carbocycles. The number of H-pyrrole nitrogens is 1. The minimum atomic E-state index is -4.80. The number of phosphoric ester groups is 1. The van der Waals surface area contributed by atoms with Gasteiger partial charge in [0, 0.05) is 12.3 Å². The van der Waals surface area contributed by atoms with Gasteiger partial charge in [0.05, 0.1) is 0 Å². The zero-order chi connectivity index (χ0) is 15.8. The molecule has 1 aromatic rings. The number of phosphoric acid groups is 1. The number of hydrogen-bond donors (Lipinski definition) is 5. The van der Waals surface area contributed by atoms with Gasteiger partial charge in [-0.25, -0.2) is 9.36 Å². The highest BCUT2D eigenvalue weighted by atomic mass is 31.2. The standard InChI is InChI=1S/C9H11N2O9P/c12-5-1-2-11(9(15)10-5)8-7(14)6(13)4(20-8)3-19-21(16,17)18/h1-2,7-8,13-14H,3H2,(H,10,12,15)(H2,16,17,18)/t7-,8-/m1/s1. The summed E-state index contributed by atoms with van der Waals surface area (Å²) in [4.78, 5) is 41.6. The number of nitrogens with one attached hydrogen (secondary N) is 1. The lowest BCUT2D eigenvalue weighted by atomic mass is 10.2. The first-order valence-corrected chi connectivity index (χ1v) is 7.00. The molecule has 2 rings (SSSR count). The average molecular weight is 322 g/mol. The van der Waals surface area contributed by atoms with Crippen LogP contribution in [0.25, 0.3) is 0 Å². The van der Waals surface area contributed by atoms with Crippen molar-refractivity contribution in [2.75, 3.05) is 6.61 Å². The third-order valence-electron chi connectivity index (χ3n) is 2.59. The van der Waals surface area contributed by atoms with Crippen LogP contribution in [-0.4, -0.2) is 42.3 Å². The van der Waals surface area contributed by atoms with Crippen LogP contribution in [0.2, 0.25) is 0 Å². The van der Waals surface area contributed by atoms with Gasteiger partial charge >= 0.3 is 13.5 Å². The number of hydrogen-bond acceptors (Lipinski definition) is 7. The summed E-state index contributed by atoms with van der Waals surface area (Å²) in [7, 11) is -4.80. The Morgan fingerprint density at radius 3 is 2.67 bits per heavy atom. The number of aliphatic hydroxyl groups is 2. The number of aromatic amines is 1.